The molecule has 0 saturated carbocycles. The summed E-state index contributed by atoms with van der Waals surface area (Å²) in [6.07, 6.45) is 2.58. The van der Waals surface area contributed by atoms with Gasteiger partial charge in [0.05, 0.1) is 12.2 Å². The molecule has 2 aromatic rings. The number of benzene rings is 1. The van der Waals surface area contributed by atoms with E-state index in [9.17, 15) is 4.79 Å². The van der Waals surface area contributed by atoms with Gasteiger partial charge in [-0.15, -0.1) is 5.10 Å². The summed E-state index contributed by atoms with van der Waals surface area (Å²) in [4.78, 5) is 12.0. The Morgan fingerprint density at radius 3 is 3.00 bits per heavy atom. The van der Waals surface area contributed by atoms with Crippen LogP contribution in [-0.4, -0.2) is 39.3 Å². The monoisotopic (exact) mass is 301 g/mol. The standard InChI is InChI=1S/C15H19N5O2/c21-15(9-12-5-4-8-22-11-12)16-10-14-17-18-19-20(14)13-6-2-1-3-7-13/h1-3,6-7,12H,4-5,8-11H2,(H,16,21)/t12-/m1/s1. The summed E-state index contributed by atoms with van der Waals surface area (Å²) in [5.41, 5.74) is 0.873. The fourth-order valence-electron chi connectivity index (χ4n) is 2.57. The van der Waals surface area contributed by atoms with Crippen LogP contribution in [0.3, 0.4) is 0 Å². The molecule has 1 aliphatic heterocycles. The summed E-state index contributed by atoms with van der Waals surface area (Å²) in [5.74, 6) is 0.941. The third-order valence-corrected chi connectivity index (χ3v) is 3.71. The minimum Gasteiger partial charge on any atom is -0.381 e. The van der Waals surface area contributed by atoms with E-state index in [1.54, 1.807) is 4.68 Å². The Labute approximate surface area is 128 Å². The molecule has 2 heterocycles. The van der Waals surface area contributed by atoms with Crippen molar-refractivity contribution in [1.29, 1.82) is 0 Å². The lowest BCUT2D eigenvalue weighted by Gasteiger charge is -2.21. The summed E-state index contributed by atoms with van der Waals surface area (Å²) < 4.78 is 7.02. The van der Waals surface area contributed by atoms with Crippen molar-refractivity contribution in [2.45, 2.75) is 25.8 Å². The molecule has 0 unspecified atom stereocenters. The van der Waals surface area contributed by atoms with Crippen LogP contribution >= 0.6 is 0 Å². The van der Waals surface area contributed by atoms with Crippen molar-refractivity contribution in [1.82, 2.24) is 25.5 Å². The largest absolute Gasteiger partial charge is 0.381 e. The fraction of sp³-hybridized carbons (Fsp3) is 0.467. The zero-order chi connectivity index (χ0) is 15.2. The topological polar surface area (TPSA) is 81.9 Å². The number of nitrogens with zero attached hydrogens (tertiary/aromatic N) is 4. The molecule has 1 amide bonds. The van der Waals surface area contributed by atoms with Gasteiger partial charge in [0, 0.05) is 19.6 Å². The van der Waals surface area contributed by atoms with Gasteiger partial charge in [-0.25, -0.2) is 0 Å². The van der Waals surface area contributed by atoms with E-state index in [1.807, 2.05) is 30.3 Å². The van der Waals surface area contributed by atoms with Crippen molar-refractivity contribution in [2.75, 3.05) is 13.2 Å². The summed E-state index contributed by atoms with van der Waals surface area (Å²) in [7, 11) is 0. The molecule has 7 nitrogen and oxygen atoms in total. The maximum absolute atomic E-state index is 12.0. The summed E-state index contributed by atoms with van der Waals surface area (Å²) >= 11 is 0. The second-order valence-corrected chi connectivity index (χ2v) is 5.41. The predicted octanol–water partition coefficient (Wildman–Crippen LogP) is 1.10. The first kappa shape index (κ1) is 14.6. The van der Waals surface area contributed by atoms with Crippen LogP contribution in [-0.2, 0) is 16.1 Å². The number of carbonyl (C=O) groups is 1. The van der Waals surface area contributed by atoms with Crippen LogP contribution in [0.15, 0.2) is 30.3 Å². The maximum atomic E-state index is 12.0. The Morgan fingerprint density at radius 1 is 1.36 bits per heavy atom. The SMILES string of the molecule is O=C(C[C@H]1CCCOC1)NCc1nnnn1-c1ccccc1. The van der Waals surface area contributed by atoms with E-state index in [-0.39, 0.29) is 5.91 Å². The zero-order valence-corrected chi connectivity index (χ0v) is 12.3. The summed E-state index contributed by atoms with van der Waals surface area (Å²) in [5, 5.41) is 14.5. The van der Waals surface area contributed by atoms with Gasteiger partial charge in [0.15, 0.2) is 5.82 Å². The van der Waals surface area contributed by atoms with Crippen LogP contribution in [0, 0.1) is 5.92 Å². The van der Waals surface area contributed by atoms with Crippen LogP contribution in [0.1, 0.15) is 25.1 Å². The van der Waals surface area contributed by atoms with Gasteiger partial charge in [0.25, 0.3) is 0 Å². The Hall–Kier alpha value is -2.28. The van der Waals surface area contributed by atoms with Crippen molar-refractivity contribution in [3.63, 3.8) is 0 Å². The van der Waals surface area contributed by atoms with Gasteiger partial charge in [-0.2, -0.15) is 4.68 Å². The first-order chi connectivity index (χ1) is 10.8. The zero-order valence-electron chi connectivity index (χ0n) is 12.3. The van der Waals surface area contributed by atoms with E-state index in [1.165, 1.54) is 0 Å². The smallest absolute Gasteiger partial charge is 0.220 e. The molecule has 1 fully saturated rings. The van der Waals surface area contributed by atoms with E-state index in [0.29, 0.717) is 31.3 Å². The van der Waals surface area contributed by atoms with Gasteiger partial charge >= 0.3 is 0 Å². The van der Waals surface area contributed by atoms with Crippen molar-refractivity contribution in [2.24, 2.45) is 5.92 Å². The van der Waals surface area contributed by atoms with Crippen LogP contribution in [0.2, 0.25) is 0 Å². The van der Waals surface area contributed by atoms with Crippen molar-refractivity contribution < 1.29 is 9.53 Å². The van der Waals surface area contributed by atoms with E-state index < -0.39 is 0 Å². The van der Waals surface area contributed by atoms with Gasteiger partial charge in [-0.05, 0) is 41.3 Å². The lowest BCUT2D eigenvalue weighted by molar-refractivity contribution is -0.123. The number of carbonyl (C=O) groups excluding carboxylic acids is 1. The molecule has 0 bridgehead atoms. The molecule has 1 aromatic carbocycles. The fourth-order valence-corrected chi connectivity index (χ4v) is 2.57. The highest BCUT2D eigenvalue weighted by molar-refractivity contribution is 5.76. The van der Waals surface area contributed by atoms with Gasteiger partial charge in [-0.3, -0.25) is 4.79 Å². The minimum atomic E-state index is 0.0121. The molecule has 7 heteroatoms. The first-order valence-electron chi connectivity index (χ1n) is 7.50. The summed E-state index contributed by atoms with van der Waals surface area (Å²) in [6.45, 7) is 1.80. The highest BCUT2D eigenvalue weighted by Crippen LogP contribution is 2.16. The van der Waals surface area contributed by atoms with Crippen molar-refractivity contribution in [3.05, 3.63) is 36.2 Å². The molecular weight excluding hydrogens is 282 g/mol. The number of nitrogens with one attached hydrogen (secondary N) is 1. The van der Waals surface area contributed by atoms with Crippen LogP contribution in [0.4, 0.5) is 0 Å². The normalized spacial score (nSPS) is 18.1. The molecule has 0 spiro atoms. The molecular formula is C15H19N5O2. The molecule has 3 rings (SSSR count). The highest BCUT2D eigenvalue weighted by atomic mass is 16.5. The average Bonchev–Trinajstić information content (AvgIpc) is 3.03. The van der Waals surface area contributed by atoms with Gasteiger partial charge in [-0.1, -0.05) is 18.2 Å². The molecule has 1 saturated heterocycles. The Morgan fingerprint density at radius 2 is 2.23 bits per heavy atom. The van der Waals surface area contributed by atoms with Gasteiger partial charge < -0.3 is 10.1 Å². The van der Waals surface area contributed by atoms with Crippen molar-refractivity contribution in [3.8, 4) is 5.69 Å². The second kappa shape index (κ2) is 7.13. The van der Waals surface area contributed by atoms with Gasteiger partial charge in [0.1, 0.15) is 0 Å². The maximum Gasteiger partial charge on any atom is 0.220 e. The highest BCUT2D eigenvalue weighted by Gasteiger charge is 2.18. The minimum absolute atomic E-state index is 0.0121. The number of tetrazole rings is 1. The molecule has 0 aliphatic carbocycles. The number of hydrogen-bond acceptors (Lipinski definition) is 5. The number of amides is 1. The number of ether oxygens (including phenoxy) is 1. The molecule has 0 radical (unpaired) electrons. The van der Waals surface area contributed by atoms with E-state index in [0.717, 1.165) is 25.1 Å². The number of aromatic nitrogens is 4. The first-order valence-corrected chi connectivity index (χ1v) is 7.50. The van der Waals surface area contributed by atoms with Crippen molar-refractivity contribution >= 4 is 5.91 Å². The third kappa shape index (κ3) is 3.67. The molecule has 1 N–H and O–H groups in total. The van der Waals surface area contributed by atoms with Crippen LogP contribution < -0.4 is 5.32 Å². The Kier molecular flexibility index (Phi) is 4.75. The van der Waals surface area contributed by atoms with Crippen LogP contribution in [0.5, 0.6) is 0 Å². The molecule has 1 atom stereocenters. The number of para-hydroxylation sites is 1. The Bertz CT molecular complexity index is 607. The van der Waals surface area contributed by atoms with E-state index in [4.69, 9.17) is 4.74 Å². The van der Waals surface area contributed by atoms with Crippen LogP contribution in [0.25, 0.3) is 5.69 Å². The molecule has 1 aromatic heterocycles. The lowest BCUT2D eigenvalue weighted by atomic mass is 9.98. The van der Waals surface area contributed by atoms with E-state index in [2.05, 4.69) is 20.8 Å². The quantitative estimate of drug-likeness (QED) is 0.894. The lowest BCUT2D eigenvalue weighted by Crippen LogP contribution is -2.29. The molecule has 22 heavy (non-hydrogen) atoms. The third-order valence-electron chi connectivity index (χ3n) is 3.71. The average molecular weight is 301 g/mol. The summed E-state index contributed by atoms with van der Waals surface area (Å²) in [6, 6.07) is 9.61. The number of hydrogen-bond donors (Lipinski definition) is 1. The number of rotatable bonds is 5. The second-order valence-electron chi connectivity index (χ2n) is 5.41. The van der Waals surface area contributed by atoms with Gasteiger partial charge in [0.2, 0.25) is 5.91 Å². The predicted molar refractivity (Wildman–Crippen MR) is 79.2 cm³/mol. The molecule has 116 valence electrons. The molecule has 1 aliphatic rings. The van der Waals surface area contributed by atoms with E-state index >= 15 is 0 Å². The Balaban J connectivity index is 1.55.